The number of carbonyl (C=O) groups is 1. The number of nitrogens with one attached hydrogen (secondary N) is 1. The van der Waals surface area contributed by atoms with Gasteiger partial charge >= 0.3 is 0 Å². The van der Waals surface area contributed by atoms with E-state index >= 15 is 0 Å². The summed E-state index contributed by atoms with van der Waals surface area (Å²) in [5.74, 6) is 0.243. The maximum absolute atomic E-state index is 12.5. The molecule has 0 saturated carbocycles. The second kappa shape index (κ2) is 9.22. The van der Waals surface area contributed by atoms with Crippen LogP contribution in [0.15, 0.2) is 60.8 Å². The summed E-state index contributed by atoms with van der Waals surface area (Å²) in [5.41, 5.74) is 4.03. The Hall–Kier alpha value is -2.36. The minimum Gasteiger partial charge on any atom is -0.319 e. The van der Waals surface area contributed by atoms with Crippen LogP contribution in [-0.2, 0) is 0 Å². The minimum atomic E-state index is -0.266. The van der Waals surface area contributed by atoms with Gasteiger partial charge in [-0.25, -0.2) is 0 Å². The Morgan fingerprint density at radius 2 is 1.71 bits per heavy atom. The van der Waals surface area contributed by atoms with Gasteiger partial charge in [0.1, 0.15) is 0 Å². The fourth-order valence-electron chi connectivity index (χ4n) is 3.06. The molecule has 1 N–H and O–H groups in total. The van der Waals surface area contributed by atoms with Crippen molar-refractivity contribution in [2.45, 2.75) is 32.6 Å². The van der Waals surface area contributed by atoms with Crippen molar-refractivity contribution in [1.29, 1.82) is 0 Å². The highest BCUT2D eigenvalue weighted by atomic mass is 35.5. The quantitative estimate of drug-likeness (QED) is 0.464. The van der Waals surface area contributed by atoms with Gasteiger partial charge in [-0.15, -0.1) is 0 Å². The van der Waals surface area contributed by atoms with Crippen molar-refractivity contribution in [2.24, 2.45) is 0 Å². The number of halogens is 2. The molecule has 0 radical (unpaired) electrons. The first kappa shape index (κ1) is 20.4. The van der Waals surface area contributed by atoms with Crippen LogP contribution in [0, 0.1) is 0 Å². The molecular weight excluding hydrogens is 391 g/mol. The van der Waals surface area contributed by atoms with E-state index in [4.69, 9.17) is 23.2 Å². The number of nitrogens with zero attached hydrogens (tertiary/aromatic N) is 1. The molecule has 0 fully saturated rings. The molecule has 2 aromatic carbocycles. The molecule has 5 heteroatoms. The fraction of sp³-hybridized carbons (Fsp3) is 0.217. The van der Waals surface area contributed by atoms with Crippen LogP contribution in [0.25, 0.3) is 11.3 Å². The van der Waals surface area contributed by atoms with E-state index in [0.717, 1.165) is 24.1 Å². The van der Waals surface area contributed by atoms with E-state index in [0.29, 0.717) is 27.2 Å². The number of pyridine rings is 1. The van der Waals surface area contributed by atoms with Crippen molar-refractivity contribution in [3.8, 4) is 11.3 Å². The first-order valence-corrected chi connectivity index (χ1v) is 10.1. The number of hydrogen-bond acceptors (Lipinski definition) is 2. The molecule has 3 nitrogen and oxygen atoms in total. The number of benzene rings is 2. The van der Waals surface area contributed by atoms with Crippen LogP contribution < -0.4 is 5.32 Å². The maximum atomic E-state index is 12.5. The van der Waals surface area contributed by atoms with Crippen LogP contribution in [0.2, 0.25) is 10.0 Å². The monoisotopic (exact) mass is 412 g/mol. The summed E-state index contributed by atoms with van der Waals surface area (Å²) < 4.78 is 0. The molecule has 0 saturated heterocycles. The number of para-hydroxylation sites is 1. The standard InChI is InChI=1S/C23H22Cl2N2O/c1-3-5-15(2)18-12-13-21(26-14-18)16-8-10-17(11-9-16)23(28)27-22-19(24)6-4-7-20(22)25/h4,6-15H,3,5H2,1-2H3,(H,27,28). The summed E-state index contributed by atoms with van der Waals surface area (Å²) in [6.45, 7) is 4.41. The summed E-state index contributed by atoms with van der Waals surface area (Å²) in [6, 6.07) is 16.6. The van der Waals surface area contributed by atoms with Gasteiger partial charge in [-0.05, 0) is 48.2 Å². The van der Waals surface area contributed by atoms with E-state index in [1.165, 1.54) is 5.56 Å². The Labute approximate surface area is 175 Å². The Bertz CT molecular complexity index is 933. The number of amides is 1. The second-order valence-electron chi connectivity index (χ2n) is 6.79. The van der Waals surface area contributed by atoms with Crippen LogP contribution in [0.3, 0.4) is 0 Å². The lowest BCUT2D eigenvalue weighted by atomic mass is 9.97. The van der Waals surface area contributed by atoms with Crippen molar-refractivity contribution in [3.05, 3.63) is 82.0 Å². The molecule has 0 aliphatic rings. The third-order valence-electron chi connectivity index (χ3n) is 4.72. The molecule has 1 heterocycles. The molecule has 0 spiro atoms. The molecule has 0 aliphatic carbocycles. The van der Waals surface area contributed by atoms with E-state index < -0.39 is 0 Å². The molecule has 144 valence electrons. The molecule has 1 unspecified atom stereocenters. The summed E-state index contributed by atoms with van der Waals surface area (Å²) in [7, 11) is 0. The minimum absolute atomic E-state index is 0.266. The van der Waals surface area contributed by atoms with Crippen molar-refractivity contribution in [2.75, 3.05) is 5.32 Å². The van der Waals surface area contributed by atoms with Gasteiger partial charge < -0.3 is 5.32 Å². The normalized spacial score (nSPS) is 11.9. The number of hydrogen-bond donors (Lipinski definition) is 1. The van der Waals surface area contributed by atoms with Crippen molar-refractivity contribution < 1.29 is 4.79 Å². The summed E-state index contributed by atoms with van der Waals surface area (Å²) >= 11 is 12.2. The first-order chi connectivity index (χ1) is 13.5. The summed E-state index contributed by atoms with van der Waals surface area (Å²) in [4.78, 5) is 17.1. The highest BCUT2D eigenvalue weighted by Crippen LogP contribution is 2.30. The van der Waals surface area contributed by atoms with E-state index in [2.05, 4.69) is 30.2 Å². The third kappa shape index (κ3) is 4.73. The lowest BCUT2D eigenvalue weighted by molar-refractivity contribution is 0.102. The van der Waals surface area contributed by atoms with Gasteiger partial charge in [0.2, 0.25) is 0 Å². The lowest BCUT2D eigenvalue weighted by Crippen LogP contribution is -2.12. The van der Waals surface area contributed by atoms with Gasteiger partial charge in [0.25, 0.3) is 5.91 Å². The first-order valence-electron chi connectivity index (χ1n) is 9.31. The van der Waals surface area contributed by atoms with Crippen LogP contribution in [0.5, 0.6) is 0 Å². The zero-order valence-corrected chi connectivity index (χ0v) is 17.4. The largest absolute Gasteiger partial charge is 0.319 e. The lowest BCUT2D eigenvalue weighted by Gasteiger charge is -2.11. The Morgan fingerprint density at radius 3 is 2.29 bits per heavy atom. The van der Waals surface area contributed by atoms with Crippen LogP contribution in [0.4, 0.5) is 5.69 Å². The van der Waals surface area contributed by atoms with Gasteiger partial charge in [-0.2, -0.15) is 0 Å². The fourth-order valence-corrected chi connectivity index (χ4v) is 3.55. The van der Waals surface area contributed by atoms with Crippen molar-refractivity contribution >= 4 is 34.8 Å². The molecule has 1 aromatic heterocycles. The number of anilines is 1. The van der Waals surface area contributed by atoms with Crippen molar-refractivity contribution in [3.63, 3.8) is 0 Å². The number of aromatic nitrogens is 1. The average Bonchev–Trinajstić information content (AvgIpc) is 2.71. The summed E-state index contributed by atoms with van der Waals surface area (Å²) in [5, 5.41) is 3.57. The van der Waals surface area contributed by atoms with Crippen LogP contribution in [-0.4, -0.2) is 10.9 Å². The van der Waals surface area contributed by atoms with E-state index in [9.17, 15) is 4.79 Å². The zero-order chi connectivity index (χ0) is 20.1. The zero-order valence-electron chi connectivity index (χ0n) is 15.9. The third-order valence-corrected chi connectivity index (χ3v) is 5.35. The van der Waals surface area contributed by atoms with Gasteiger partial charge in [0.15, 0.2) is 0 Å². The summed E-state index contributed by atoms with van der Waals surface area (Å²) in [6.07, 6.45) is 4.25. The van der Waals surface area contributed by atoms with Crippen molar-refractivity contribution in [1.82, 2.24) is 4.98 Å². The van der Waals surface area contributed by atoms with Crippen LogP contribution >= 0.6 is 23.2 Å². The maximum Gasteiger partial charge on any atom is 0.255 e. The molecule has 0 aliphatic heterocycles. The molecular formula is C23H22Cl2N2O. The topological polar surface area (TPSA) is 42.0 Å². The van der Waals surface area contributed by atoms with Gasteiger partial charge in [0, 0.05) is 17.3 Å². The molecule has 1 amide bonds. The second-order valence-corrected chi connectivity index (χ2v) is 7.61. The van der Waals surface area contributed by atoms with Gasteiger partial charge in [0.05, 0.1) is 21.4 Å². The predicted molar refractivity (Wildman–Crippen MR) is 117 cm³/mol. The molecule has 28 heavy (non-hydrogen) atoms. The van der Waals surface area contributed by atoms with Gasteiger partial charge in [-0.1, -0.05) is 67.7 Å². The molecule has 3 rings (SSSR count). The molecule has 0 bridgehead atoms. The highest BCUT2D eigenvalue weighted by molar-refractivity contribution is 6.40. The SMILES string of the molecule is CCCC(C)c1ccc(-c2ccc(C(=O)Nc3c(Cl)cccc3Cl)cc2)nc1. The van der Waals surface area contributed by atoms with Gasteiger partial charge in [-0.3, -0.25) is 9.78 Å². The predicted octanol–water partition coefficient (Wildman–Crippen LogP) is 7.21. The average molecular weight is 413 g/mol. The molecule has 3 aromatic rings. The van der Waals surface area contributed by atoms with E-state index in [-0.39, 0.29) is 5.91 Å². The molecule has 1 atom stereocenters. The Balaban J connectivity index is 1.73. The smallest absolute Gasteiger partial charge is 0.255 e. The van der Waals surface area contributed by atoms with E-state index in [1.54, 1.807) is 30.3 Å². The highest BCUT2D eigenvalue weighted by Gasteiger charge is 2.12. The van der Waals surface area contributed by atoms with E-state index in [1.807, 2.05) is 24.4 Å². The van der Waals surface area contributed by atoms with Crippen LogP contribution in [0.1, 0.15) is 48.5 Å². The number of rotatable bonds is 6. The Morgan fingerprint density at radius 1 is 1.04 bits per heavy atom. The number of carbonyl (C=O) groups excluding carboxylic acids is 1. The Kier molecular flexibility index (Phi) is 6.71.